The topological polar surface area (TPSA) is 67.3 Å². The molecule has 0 N–H and O–H groups in total. The van der Waals surface area contributed by atoms with Crippen LogP contribution in [-0.4, -0.2) is 59.3 Å². The van der Waals surface area contributed by atoms with Crippen LogP contribution in [0.25, 0.3) is 0 Å². The summed E-state index contributed by atoms with van der Waals surface area (Å²) in [6.07, 6.45) is 6.30. The third-order valence-corrected chi connectivity index (χ3v) is 4.46. The summed E-state index contributed by atoms with van der Waals surface area (Å²) in [5.74, 6) is 2.23. The molecule has 0 saturated carbocycles. The van der Waals surface area contributed by atoms with Crippen LogP contribution in [0.2, 0.25) is 0 Å². The lowest BCUT2D eigenvalue weighted by Gasteiger charge is -2.35. The van der Waals surface area contributed by atoms with Gasteiger partial charge < -0.3 is 14.5 Å². The van der Waals surface area contributed by atoms with E-state index in [1.54, 1.807) is 18.7 Å². The van der Waals surface area contributed by atoms with Crippen molar-refractivity contribution in [3.63, 3.8) is 0 Å². The standard InChI is InChI=1S/C16H20N6O/c1-3-17-16(18-4-1)22-7-5-21(6-8-22)15-10-14(19-12-20-15)13-2-9-23-11-13/h1,3-4,10,12-13H,2,5-9,11H2/t13-/m0/s1. The van der Waals surface area contributed by atoms with Crippen molar-refractivity contribution in [1.29, 1.82) is 0 Å². The molecule has 4 heterocycles. The van der Waals surface area contributed by atoms with Crippen molar-refractivity contribution in [1.82, 2.24) is 19.9 Å². The van der Waals surface area contributed by atoms with Gasteiger partial charge in [-0.15, -0.1) is 0 Å². The average molecular weight is 312 g/mol. The Morgan fingerprint density at radius 3 is 2.48 bits per heavy atom. The second kappa shape index (κ2) is 6.45. The van der Waals surface area contributed by atoms with Crippen molar-refractivity contribution in [3.8, 4) is 0 Å². The number of hydrogen-bond acceptors (Lipinski definition) is 7. The summed E-state index contributed by atoms with van der Waals surface area (Å²) in [5.41, 5.74) is 1.10. The molecule has 7 nitrogen and oxygen atoms in total. The van der Waals surface area contributed by atoms with Crippen molar-refractivity contribution in [2.75, 3.05) is 49.2 Å². The minimum atomic E-state index is 0.413. The van der Waals surface area contributed by atoms with Crippen LogP contribution in [-0.2, 0) is 4.74 Å². The van der Waals surface area contributed by atoms with E-state index in [-0.39, 0.29) is 0 Å². The van der Waals surface area contributed by atoms with Gasteiger partial charge in [-0.3, -0.25) is 0 Å². The molecule has 4 rings (SSSR count). The van der Waals surface area contributed by atoms with Gasteiger partial charge in [0.25, 0.3) is 0 Å². The lowest BCUT2D eigenvalue weighted by Crippen LogP contribution is -2.47. The number of hydrogen-bond donors (Lipinski definition) is 0. The molecule has 2 saturated heterocycles. The van der Waals surface area contributed by atoms with E-state index in [1.807, 2.05) is 6.07 Å². The van der Waals surface area contributed by atoms with Crippen molar-refractivity contribution >= 4 is 11.8 Å². The van der Waals surface area contributed by atoms with Crippen molar-refractivity contribution < 1.29 is 4.74 Å². The summed E-state index contributed by atoms with van der Waals surface area (Å²) in [4.78, 5) is 22.1. The number of ether oxygens (including phenoxy) is 1. The highest BCUT2D eigenvalue weighted by molar-refractivity contribution is 5.43. The summed E-state index contributed by atoms with van der Waals surface area (Å²) >= 11 is 0. The maximum atomic E-state index is 5.47. The molecule has 0 radical (unpaired) electrons. The Hall–Kier alpha value is -2.28. The first-order chi connectivity index (χ1) is 11.4. The van der Waals surface area contributed by atoms with E-state index in [0.29, 0.717) is 5.92 Å². The van der Waals surface area contributed by atoms with Gasteiger partial charge in [0.1, 0.15) is 12.1 Å². The fourth-order valence-corrected chi connectivity index (χ4v) is 3.12. The summed E-state index contributed by atoms with van der Waals surface area (Å²) in [6.45, 7) is 5.23. The normalized spacial score (nSPS) is 21.7. The third-order valence-electron chi connectivity index (χ3n) is 4.46. The quantitative estimate of drug-likeness (QED) is 0.840. The first-order valence-electron chi connectivity index (χ1n) is 8.07. The Bertz CT molecular complexity index is 638. The molecule has 2 aliphatic rings. The van der Waals surface area contributed by atoms with Crippen molar-refractivity contribution in [2.45, 2.75) is 12.3 Å². The molecule has 0 aromatic carbocycles. The summed E-state index contributed by atoms with van der Waals surface area (Å²) in [7, 11) is 0. The smallest absolute Gasteiger partial charge is 0.225 e. The minimum Gasteiger partial charge on any atom is -0.381 e. The largest absolute Gasteiger partial charge is 0.381 e. The van der Waals surface area contributed by atoms with Crippen LogP contribution >= 0.6 is 0 Å². The summed E-state index contributed by atoms with van der Waals surface area (Å²) in [6, 6.07) is 3.96. The molecule has 0 spiro atoms. The predicted molar refractivity (Wildman–Crippen MR) is 86.7 cm³/mol. The van der Waals surface area contributed by atoms with Gasteiger partial charge in [0.15, 0.2) is 0 Å². The maximum absolute atomic E-state index is 5.47. The predicted octanol–water partition coefficient (Wildman–Crippen LogP) is 1.10. The molecule has 0 bridgehead atoms. The van der Waals surface area contributed by atoms with Crippen molar-refractivity contribution in [3.05, 3.63) is 36.5 Å². The maximum Gasteiger partial charge on any atom is 0.225 e. The molecule has 1 atom stereocenters. The van der Waals surface area contributed by atoms with Crippen LogP contribution in [0.1, 0.15) is 18.0 Å². The SMILES string of the molecule is c1cnc(N2CCN(c3cc([C@H]4CCOC4)ncn3)CC2)nc1. The highest BCUT2D eigenvalue weighted by Gasteiger charge is 2.23. The van der Waals surface area contributed by atoms with E-state index in [1.165, 1.54) is 0 Å². The van der Waals surface area contributed by atoms with Gasteiger partial charge in [-0.05, 0) is 12.5 Å². The first kappa shape index (κ1) is 14.3. The van der Waals surface area contributed by atoms with E-state index in [9.17, 15) is 0 Å². The first-order valence-corrected chi connectivity index (χ1v) is 8.07. The van der Waals surface area contributed by atoms with Crippen LogP contribution in [0.3, 0.4) is 0 Å². The van der Waals surface area contributed by atoms with Crippen LogP contribution < -0.4 is 9.80 Å². The van der Waals surface area contributed by atoms with Gasteiger partial charge in [0, 0.05) is 57.2 Å². The number of nitrogens with zero attached hydrogens (tertiary/aromatic N) is 6. The fraction of sp³-hybridized carbons (Fsp3) is 0.500. The second-order valence-electron chi connectivity index (χ2n) is 5.88. The Labute approximate surface area is 135 Å². The molecule has 7 heteroatoms. The summed E-state index contributed by atoms with van der Waals surface area (Å²) < 4.78 is 5.47. The highest BCUT2D eigenvalue weighted by atomic mass is 16.5. The zero-order chi connectivity index (χ0) is 15.5. The van der Waals surface area contributed by atoms with E-state index in [0.717, 1.165) is 63.3 Å². The molecule has 2 aliphatic heterocycles. The molecule has 2 aromatic heterocycles. The lowest BCUT2D eigenvalue weighted by atomic mass is 10.0. The number of aromatic nitrogens is 4. The van der Waals surface area contributed by atoms with Crippen LogP contribution in [0.5, 0.6) is 0 Å². The van der Waals surface area contributed by atoms with Gasteiger partial charge in [-0.25, -0.2) is 19.9 Å². The third kappa shape index (κ3) is 3.10. The Morgan fingerprint density at radius 2 is 1.74 bits per heavy atom. The zero-order valence-electron chi connectivity index (χ0n) is 13.0. The van der Waals surface area contributed by atoms with E-state index in [2.05, 4.69) is 35.8 Å². The molecular formula is C16H20N6O. The monoisotopic (exact) mass is 312 g/mol. The van der Waals surface area contributed by atoms with Crippen LogP contribution in [0, 0.1) is 0 Å². The molecular weight excluding hydrogens is 292 g/mol. The molecule has 2 fully saturated rings. The van der Waals surface area contributed by atoms with Crippen LogP contribution in [0.15, 0.2) is 30.9 Å². The average Bonchev–Trinajstić information content (AvgIpc) is 3.18. The Kier molecular flexibility index (Phi) is 4.02. The number of anilines is 2. The van der Waals surface area contributed by atoms with E-state index in [4.69, 9.17) is 4.74 Å². The van der Waals surface area contributed by atoms with E-state index >= 15 is 0 Å². The molecule has 0 aliphatic carbocycles. The van der Waals surface area contributed by atoms with Gasteiger partial charge >= 0.3 is 0 Å². The Balaban J connectivity index is 1.43. The summed E-state index contributed by atoms with van der Waals surface area (Å²) in [5, 5.41) is 0. The fourth-order valence-electron chi connectivity index (χ4n) is 3.12. The number of rotatable bonds is 3. The molecule has 0 amide bonds. The van der Waals surface area contributed by atoms with Gasteiger partial charge in [0.2, 0.25) is 5.95 Å². The van der Waals surface area contributed by atoms with Gasteiger partial charge in [0.05, 0.1) is 12.3 Å². The van der Waals surface area contributed by atoms with Gasteiger partial charge in [-0.1, -0.05) is 0 Å². The zero-order valence-corrected chi connectivity index (χ0v) is 13.0. The lowest BCUT2D eigenvalue weighted by molar-refractivity contribution is 0.193. The molecule has 0 unspecified atom stereocenters. The number of piperazine rings is 1. The molecule has 2 aromatic rings. The molecule has 120 valence electrons. The Morgan fingerprint density at radius 1 is 0.957 bits per heavy atom. The van der Waals surface area contributed by atoms with E-state index < -0.39 is 0 Å². The second-order valence-corrected chi connectivity index (χ2v) is 5.88. The van der Waals surface area contributed by atoms with Crippen LogP contribution in [0.4, 0.5) is 11.8 Å². The molecule has 23 heavy (non-hydrogen) atoms. The highest BCUT2D eigenvalue weighted by Crippen LogP contribution is 2.25. The van der Waals surface area contributed by atoms with Crippen molar-refractivity contribution in [2.24, 2.45) is 0 Å². The minimum absolute atomic E-state index is 0.413. The van der Waals surface area contributed by atoms with Gasteiger partial charge in [-0.2, -0.15) is 0 Å².